The summed E-state index contributed by atoms with van der Waals surface area (Å²) in [5, 5.41) is 3.50. The van der Waals surface area contributed by atoms with Crippen molar-refractivity contribution in [3.05, 3.63) is 51.9 Å². The number of aromatic nitrogens is 1. The van der Waals surface area contributed by atoms with Gasteiger partial charge in [0.25, 0.3) is 5.56 Å². The number of nitrogens with zero attached hydrogens (tertiary/aromatic N) is 1. The lowest BCUT2D eigenvalue weighted by Gasteiger charge is -2.37. The quantitative estimate of drug-likeness (QED) is 0.878. The van der Waals surface area contributed by atoms with E-state index in [2.05, 4.69) is 29.6 Å². The van der Waals surface area contributed by atoms with Crippen molar-refractivity contribution < 1.29 is 4.74 Å². The fraction of sp³-hybridized carbons (Fsp3) is 0.421. The molecule has 1 saturated heterocycles. The van der Waals surface area contributed by atoms with Gasteiger partial charge in [-0.1, -0.05) is 12.1 Å². The molecule has 2 aromatic rings. The Morgan fingerprint density at radius 2 is 2.09 bits per heavy atom. The van der Waals surface area contributed by atoms with Crippen molar-refractivity contribution in [1.29, 1.82) is 0 Å². The normalized spacial score (nSPS) is 24.7. The summed E-state index contributed by atoms with van der Waals surface area (Å²) >= 11 is 0. The van der Waals surface area contributed by atoms with E-state index in [4.69, 9.17) is 4.74 Å². The Bertz CT molecular complexity index is 840. The minimum absolute atomic E-state index is 0.135. The van der Waals surface area contributed by atoms with Crippen molar-refractivity contribution in [2.75, 3.05) is 19.7 Å². The lowest BCUT2D eigenvalue weighted by Crippen LogP contribution is -2.44. The highest BCUT2D eigenvalue weighted by molar-refractivity contribution is 5.67. The van der Waals surface area contributed by atoms with Gasteiger partial charge in [0.1, 0.15) is 5.75 Å². The van der Waals surface area contributed by atoms with Gasteiger partial charge in [-0.15, -0.1) is 0 Å². The van der Waals surface area contributed by atoms with Crippen LogP contribution in [0.25, 0.3) is 11.1 Å². The molecule has 3 aliphatic rings. The van der Waals surface area contributed by atoms with Crippen molar-refractivity contribution in [1.82, 2.24) is 9.88 Å². The summed E-state index contributed by atoms with van der Waals surface area (Å²) < 4.78 is 7.67. The van der Waals surface area contributed by atoms with Gasteiger partial charge in [0.2, 0.25) is 0 Å². The average Bonchev–Trinajstić information content (AvgIpc) is 3.03. The summed E-state index contributed by atoms with van der Waals surface area (Å²) in [4.78, 5) is 12.6. The van der Waals surface area contributed by atoms with Gasteiger partial charge in [0.15, 0.2) is 0 Å². The Balaban J connectivity index is 1.62. The first-order valence-corrected chi connectivity index (χ1v) is 8.49. The van der Waals surface area contributed by atoms with E-state index < -0.39 is 0 Å². The molecule has 0 saturated carbocycles. The summed E-state index contributed by atoms with van der Waals surface area (Å²) in [6, 6.07) is 10.3. The van der Waals surface area contributed by atoms with Crippen molar-refractivity contribution in [3.8, 4) is 16.9 Å². The van der Waals surface area contributed by atoms with Crippen molar-refractivity contribution >= 4 is 0 Å². The van der Waals surface area contributed by atoms with Gasteiger partial charge in [-0.3, -0.25) is 4.79 Å². The molecule has 2 atom stereocenters. The van der Waals surface area contributed by atoms with E-state index in [1.165, 1.54) is 17.7 Å². The van der Waals surface area contributed by atoms with Gasteiger partial charge in [-0.05, 0) is 47.7 Å². The Labute approximate surface area is 135 Å². The van der Waals surface area contributed by atoms with Crippen LogP contribution in [0.2, 0.25) is 0 Å². The molecular weight excluding hydrogens is 288 g/mol. The Morgan fingerprint density at radius 1 is 1.13 bits per heavy atom. The molecule has 5 rings (SSSR count). The third-order valence-electron chi connectivity index (χ3n) is 5.49. The number of hydrogen-bond donors (Lipinski definition) is 1. The summed E-state index contributed by atoms with van der Waals surface area (Å²) in [6.45, 7) is 3.63. The highest BCUT2D eigenvalue weighted by Crippen LogP contribution is 2.35. The van der Waals surface area contributed by atoms with Gasteiger partial charge >= 0.3 is 0 Å². The third kappa shape index (κ3) is 2.12. The molecular formula is C19H20N2O2. The van der Waals surface area contributed by atoms with Gasteiger partial charge in [-0.25, -0.2) is 0 Å². The second-order valence-electron chi connectivity index (χ2n) is 7.00. The molecule has 1 N–H and O–H groups in total. The molecule has 118 valence electrons. The molecule has 0 radical (unpaired) electrons. The van der Waals surface area contributed by atoms with Crippen LogP contribution in [0.4, 0.5) is 0 Å². The zero-order valence-corrected chi connectivity index (χ0v) is 13.0. The van der Waals surface area contributed by atoms with Gasteiger partial charge in [0.05, 0.1) is 6.61 Å². The Hall–Kier alpha value is -2.07. The van der Waals surface area contributed by atoms with Crippen LogP contribution in [0.15, 0.2) is 35.1 Å². The van der Waals surface area contributed by atoms with Crippen LogP contribution in [0.1, 0.15) is 23.6 Å². The Morgan fingerprint density at radius 3 is 3.04 bits per heavy atom. The van der Waals surface area contributed by atoms with E-state index in [-0.39, 0.29) is 5.56 Å². The molecule has 1 aromatic heterocycles. The summed E-state index contributed by atoms with van der Waals surface area (Å²) in [5.41, 5.74) is 4.69. The first kappa shape index (κ1) is 13.4. The smallest absolute Gasteiger partial charge is 0.251 e. The lowest BCUT2D eigenvalue weighted by atomic mass is 9.83. The van der Waals surface area contributed by atoms with E-state index in [1.807, 2.05) is 4.57 Å². The number of hydrogen-bond acceptors (Lipinski definition) is 3. The van der Waals surface area contributed by atoms with Crippen LogP contribution in [0.3, 0.4) is 0 Å². The second-order valence-corrected chi connectivity index (χ2v) is 7.00. The summed E-state index contributed by atoms with van der Waals surface area (Å²) in [7, 11) is 0. The van der Waals surface area contributed by atoms with Crippen LogP contribution in [-0.2, 0) is 13.0 Å². The van der Waals surface area contributed by atoms with E-state index in [0.717, 1.165) is 49.5 Å². The number of benzene rings is 1. The predicted octanol–water partition coefficient (Wildman–Crippen LogP) is 2.16. The van der Waals surface area contributed by atoms with Crippen LogP contribution in [0.5, 0.6) is 5.75 Å². The highest BCUT2D eigenvalue weighted by Gasteiger charge is 2.31. The number of fused-ring (bicyclic) bond motifs is 5. The molecule has 23 heavy (non-hydrogen) atoms. The van der Waals surface area contributed by atoms with Gasteiger partial charge in [-0.2, -0.15) is 0 Å². The topological polar surface area (TPSA) is 43.3 Å². The standard InChI is InChI=1S/C19H20N2O2/c22-19-8-15(14-2-1-13-3-4-23-18(13)7-14)6-17-16-5-12(9-20-10-16)11-21(17)19/h1-2,6-8,12,16,20H,3-5,9-11H2/t12-,16+/m0/s1. The molecule has 4 heteroatoms. The molecule has 1 fully saturated rings. The van der Waals surface area contributed by atoms with E-state index in [9.17, 15) is 4.79 Å². The van der Waals surface area contributed by atoms with Crippen LogP contribution in [0, 0.1) is 5.92 Å². The minimum Gasteiger partial charge on any atom is -0.493 e. The summed E-state index contributed by atoms with van der Waals surface area (Å²) in [5.74, 6) is 2.03. The maximum absolute atomic E-state index is 12.6. The van der Waals surface area contributed by atoms with Crippen LogP contribution >= 0.6 is 0 Å². The molecule has 1 aromatic carbocycles. The Kier molecular flexibility index (Phi) is 2.89. The van der Waals surface area contributed by atoms with Crippen molar-refractivity contribution in [2.45, 2.75) is 25.3 Å². The number of ether oxygens (including phenoxy) is 1. The SMILES string of the molecule is O=c1cc(-c2ccc3c(c2)OCC3)cc2n1C[C@@H]1CNC[C@H]2C1. The molecule has 2 bridgehead atoms. The number of nitrogens with one attached hydrogen (secondary N) is 1. The maximum Gasteiger partial charge on any atom is 0.251 e. The van der Waals surface area contributed by atoms with Gasteiger partial charge in [0, 0.05) is 37.2 Å². The molecule has 4 heterocycles. The zero-order valence-electron chi connectivity index (χ0n) is 13.0. The minimum atomic E-state index is 0.135. The zero-order chi connectivity index (χ0) is 15.4. The summed E-state index contributed by atoms with van der Waals surface area (Å²) in [6.07, 6.45) is 2.18. The second kappa shape index (κ2) is 4.96. The highest BCUT2D eigenvalue weighted by atomic mass is 16.5. The number of piperidine rings is 1. The molecule has 0 spiro atoms. The fourth-order valence-corrected chi connectivity index (χ4v) is 4.32. The number of pyridine rings is 1. The van der Waals surface area contributed by atoms with E-state index in [0.29, 0.717) is 11.8 Å². The van der Waals surface area contributed by atoms with Crippen molar-refractivity contribution in [3.63, 3.8) is 0 Å². The molecule has 4 nitrogen and oxygen atoms in total. The average molecular weight is 308 g/mol. The van der Waals surface area contributed by atoms with E-state index in [1.54, 1.807) is 6.07 Å². The lowest BCUT2D eigenvalue weighted by molar-refractivity contribution is 0.257. The maximum atomic E-state index is 12.6. The molecule has 0 aliphatic carbocycles. The first-order valence-electron chi connectivity index (χ1n) is 8.49. The third-order valence-corrected chi connectivity index (χ3v) is 5.49. The van der Waals surface area contributed by atoms with Crippen LogP contribution in [-0.4, -0.2) is 24.3 Å². The van der Waals surface area contributed by atoms with Gasteiger partial charge < -0.3 is 14.6 Å². The molecule has 0 unspecified atom stereocenters. The predicted molar refractivity (Wildman–Crippen MR) is 89.1 cm³/mol. The molecule has 0 amide bonds. The van der Waals surface area contributed by atoms with E-state index >= 15 is 0 Å². The number of rotatable bonds is 1. The van der Waals surface area contributed by atoms with Crippen molar-refractivity contribution in [2.24, 2.45) is 5.92 Å². The first-order chi connectivity index (χ1) is 11.3. The molecule has 3 aliphatic heterocycles. The van der Waals surface area contributed by atoms with Crippen LogP contribution < -0.4 is 15.6 Å². The largest absolute Gasteiger partial charge is 0.493 e. The fourth-order valence-electron chi connectivity index (χ4n) is 4.32. The monoisotopic (exact) mass is 308 g/mol.